The largest absolute Gasteiger partial charge is 0.309 e. The summed E-state index contributed by atoms with van der Waals surface area (Å²) in [7, 11) is -3.03. The predicted molar refractivity (Wildman–Crippen MR) is 162 cm³/mol. The van der Waals surface area contributed by atoms with Crippen LogP contribution in [0.1, 0.15) is 0 Å². The van der Waals surface area contributed by atoms with E-state index in [0.29, 0.717) is 0 Å². The summed E-state index contributed by atoms with van der Waals surface area (Å²) in [5.74, 6) is 0. The summed E-state index contributed by atoms with van der Waals surface area (Å²) in [4.78, 5) is 5.24. The maximum atomic E-state index is 14.8. The molecule has 2 nitrogen and oxygen atoms in total. The minimum atomic E-state index is -3.03. The molecule has 0 saturated heterocycles. The Balaban J connectivity index is 1.44. The van der Waals surface area contributed by atoms with Crippen molar-refractivity contribution in [3.8, 4) is 11.3 Å². The van der Waals surface area contributed by atoms with Gasteiger partial charge in [-0.3, -0.25) is 0 Å². The summed E-state index contributed by atoms with van der Waals surface area (Å²) >= 11 is 0. The van der Waals surface area contributed by atoms with E-state index < -0.39 is 7.14 Å². The van der Waals surface area contributed by atoms with Crippen LogP contribution >= 0.6 is 7.14 Å². The van der Waals surface area contributed by atoms with Crippen LogP contribution in [-0.2, 0) is 4.57 Å². The van der Waals surface area contributed by atoms with E-state index in [1.165, 1.54) is 10.8 Å². The van der Waals surface area contributed by atoms with Crippen molar-refractivity contribution in [2.45, 2.75) is 0 Å². The average Bonchev–Trinajstić information content (AvgIpc) is 3.01. The van der Waals surface area contributed by atoms with Crippen LogP contribution in [0.2, 0.25) is 0 Å². The molecule has 6 aromatic carbocycles. The second-order valence-electron chi connectivity index (χ2n) is 9.52. The van der Waals surface area contributed by atoms with E-state index >= 15 is 0 Å². The van der Waals surface area contributed by atoms with E-state index in [9.17, 15) is 4.57 Å². The zero-order valence-electron chi connectivity index (χ0n) is 20.7. The lowest BCUT2D eigenvalue weighted by atomic mass is 9.97. The second-order valence-corrected chi connectivity index (χ2v) is 12.3. The Kier molecular flexibility index (Phi) is 5.43. The van der Waals surface area contributed by atoms with E-state index in [2.05, 4.69) is 72.8 Å². The number of aromatic nitrogens is 1. The van der Waals surface area contributed by atoms with Crippen LogP contribution in [0.25, 0.3) is 43.7 Å². The molecular weight excluding hydrogens is 481 g/mol. The van der Waals surface area contributed by atoms with E-state index in [0.717, 1.165) is 48.8 Å². The molecule has 0 aliphatic heterocycles. The summed E-state index contributed by atoms with van der Waals surface area (Å²) < 4.78 is 14.8. The van der Waals surface area contributed by atoms with Crippen LogP contribution in [0, 0.1) is 0 Å². The number of benzene rings is 6. The van der Waals surface area contributed by atoms with Gasteiger partial charge in [-0.15, -0.1) is 0 Å². The predicted octanol–water partition coefficient (Wildman–Crippen LogP) is 7.85. The van der Waals surface area contributed by atoms with Gasteiger partial charge in [0.05, 0.1) is 11.2 Å². The molecule has 0 atom stereocenters. The Hall–Kier alpha value is -4.52. The minimum Gasteiger partial charge on any atom is -0.309 e. The maximum Gasteiger partial charge on any atom is 0.171 e. The lowest BCUT2D eigenvalue weighted by Crippen LogP contribution is -2.24. The van der Waals surface area contributed by atoms with Crippen molar-refractivity contribution in [1.82, 2.24) is 4.98 Å². The topological polar surface area (TPSA) is 30.0 Å². The van der Waals surface area contributed by atoms with Gasteiger partial charge in [-0.2, -0.15) is 0 Å². The van der Waals surface area contributed by atoms with Gasteiger partial charge < -0.3 is 4.57 Å². The summed E-state index contributed by atoms with van der Waals surface area (Å²) in [6.07, 6.45) is 0. The van der Waals surface area contributed by atoms with Gasteiger partial charge in [0.15, 0.2) is 7.14 Å². The molecule has 1 heterocycles. The first-order valence-electron chi connectivity index (χ1n) is 12.8. The molecule has 0 N–H and O–H groups in total. The van der Waals surface area contributed by atoms with Gasteiger partial charge >= 0.3 is 0 Å². The molecule has 0 amide bonds. The molecule has 3 heteroatoms. The fourth-order valence-corrected chi connectivity index (χ4v) is 8.11. The normalized spacial score (nSPS) is 11.8. The monoisotopic (exact) mass is 505 g/mol. The van der Waals surface area contributed by atoms with Crippen molar-refractivity contribution in [1.29, 1.82) is 0 Å². The first-order chi connectivity index (χ1) is 18.7. The Labute approximate surface area is 221 Å². The fourth-order valence-electron chi connectivity index (χ4n) is 5.46. The lowest BCUT2D eigenvalue weighted by Gasteiger charge is -2.20. The molecule has 1 aromatic heterocycles. The fraction of sp³-hybridized carbons (Fsp3) is 0. The second kappa shape index (κ2) is 9.10. The van der Waals surface area contributed by atoms with Gasteiger partial charge in [-0.1, -0.05) is 146 Å². The molecule has 7 rings (SSSR count). The third-order valence-corrected chi connectivity index (χ3v) is 10.4. The van der Waals surface area contributed by atoms with Crippen LogP contribution in [0.4, 0.5) is 0 Å². The molecule has 0 aliphatic carbocycles. The molecule has 180 valence electrons. The van der Waals surface area contributed by atoms with Crippen LogP contribution in [0.15, 0.2) is 146 Å². The van der Waals surface area contributed by atoms with Crippen molar-refractivity contribution in [3.63, 3.8) is 0 Å². The quantitative estimate of drug-likeness (QED) is 0.180. The molecule has 0 bridgehead atoms. The number of hydrogen-bond acceptors (Lipinski definition) is 2. The minimum absolute atomic E-state index is 0.814. The number of nitrogens with zero attached hydrogens (tertiary/aromatic N) is 1. The Morgan fingerprint density at radius 1 is 0.421 bits per heavy atom. The molecule has 0 aliphatic rings. The Morgan fingerprint density at radius 2 is 0.947 bits per heavy atom. The number of rotatable bonds is 4. The van der Waals surface area contributed by atoms with Gasteiger partial charge in [-0.05, 0) is 10.8 Å². The van der Waals surface area contributed by atoms with Gasteiger partial charge in [-0.25, -0.2) is 4.98 Å². The molecular formula is C35H24NOP. The lowest BCUT2D eigenvalue weighted by molar-refractivity contribution is 0.592. The van der Waals surface area contributed by atoms with Crippen molar-refractivity contribution in [2.24, 2.45) is 0 Å². The average molecular weight is 506 g/mol. The third-order valence-electron chi connectivity index (χ3n) is 7.34. The number of fused-ring (bicyclic) bond motifs is 5. The highest BCUT2D eigenvalue weighted by Gasteiger charge is 2.29. The molecule has 0 unspecified atom stereocenters. The zero-order valence-corrected chi connectivity index (χ0v) is 21.6. The van der Waals surface area contributed by atoms with Gasteiger partial charge in [0, 0.05) is 37.6 Å². The molecule has 38 heavy (non-hydrogen) atoms. The summed E-state index contributed by atoms with van der Waals surface area (Å²) in [5, 5.41) is 8.24. The molecule has 0 spiro atoms. The van der Waals surface area contributed by atoms with Crippen LogP contribution < -0.4 is 15.9 Å². The highest BCUT2D eigenvalue weighted by Crippen LogP contribution is 2.43. The van der Waals surface area contributed by atoms with Crippen molar-refractivity contribution in [2.75, 3.05) is 0 Å². The highest BCUT2D eigenvalue weighted by molar-refractivity contribution is 7.85. The molecule has 0 fully saturated rings. The number of hydrogen-bond donors (Lipinski definition) is 0. The first kappa shape index (κ1) is 22.7. The standard InChI is InChI=1S/C35H24NOP/c37-38(27-12-3-1-4-13-27,28-14-5-2-6-15-28)29-22-19-26(20-23-29)34-32-18-10-9-17-31(32)33-24-21-25-11-7-8-16-30(25)35(33)36-34/h1-24H. The first-order valence-corrected chi connectivity index (χ1v) is 14.5. The van der Waals surface area contributed by atoms with E-state index in [-0.39, 0.29) is 0 Å². The zero-order chi connectivity index (χ0) is 25.5. The van der Waals surface area contributed by atoms with Crippen LogP contribution in [-0.4, -0.2) is 4.98 Å². The molecule has 0 saturated carbocycles. The summed E-state index contributed by atoms with van der Waals surface area (Å²) in [6, 6.07) is 49.0. The smallest absolute Gasteiger partial charge is 0.171 e. The summed E-state index contributed by atoms with van der Waals surface area (Å²) in [6.45, 7) is 0. The van der Waals surface area contributed by atoms with Gasteiger partial charge in [0.1, 0.15) is 0 Å². The molecule has 7 aromatic rings. The Morgan fingerprint density at radius 3 is 1.61 bits per heavy atom. The molecule has 0 radical (unpaired) electrons. The SMILES string of the molecule is O=P(c1ccccc1)(c1ccccc1)c1ccc(-c2nc3c4ccccc4ccc3c3ccccc23)cc1. The van der Waals surface area contributed by atoms with Crippen molar-refractivity contribution in [3.05, 3.63) is 146 Å². The highest BCUT2D eigenvalue weighted by atomic mass is 31.2. The Bertz CT molecular complexity index is 1940. The van der Waals surface area contributed by atoms with Crippen molar-refractivity contribution >= 4 is 55.5 Å². The van der Waals surface area contributed by atoms with Crippen molar-refractivity contribution < 1.29 is 4.57 Å². The third kappa shape index (κ3) is 3.57. The van der Waals surface area contributed by atoms with E-state index in [1.807, 2.05) is 72.8 Å². The van der Waals surface area contributed by atoms with Crippen LogP contribution in [0.5, 0.6) is 0 Å². The van der Waals surface area contributed by atoms with Crippen LogP contribution in [0.3, 0.4) is 0 Å². The van der Waals surface area contributed by atoms with Gasteiger partial charge in [0.2, 0.25) is 0 Å². The van der Waals surface area contributed by atoms with E-state index in [4.69, 9.17) is 4.98 Å². The summed E-state index contributed by atoms with van der Waals surface area (Å²) in [5.41, 5.74) is 2.94. The number of pyridine rings is 1. The van der Waals surface area contributed by atoms with Gasteiger partial charge in [0.25, 0.3) is 0 Å². The maximum absolute atomic E-state index is 14.8. The van der Waals surface area contributed by atoms with E-state index in [1.54, 1.807) is 0 Å².